The van der Waals surface area contributed by atoms with Gasteiger partial charge in [0.25, 0.3) is 11.8 Å². The Kier molecular flexibility index (Phi) is 37.5. The van der Waals surface area contributed by atoms with Crippen molar-refractivity contribution in [2.45, 2.75) is 233 Å². The van der Waals surface area contributed by atoms with Crippen molar-refractivity contribution in [3.05, 3.63) is 89.5 Å². The van der Waals surface area contributed by atoms with Crippen LogP contribution in [-0.4, -0.2) is 214 Å². The summed E-state index contributed by atoms with van der Waals surface area (Å²) in [4.78, 5) is 174. The summed E-state index contributed by atoms with van der Waals surface area (Å²) >= 11 is 0. The number of carbonyl (C=O) groups excluding carboxylic acids is 12. The molecule has 2 aliphatic rings. The average Bonchev–Trinajstić information content (AvgIpc) is 1.79. The maximum atomic E-state index is 14.8. The van der Waals surface area contributed by atoms with Crippen molar-refractivity contribution in [2.75, 3.05) is 59.1 Å². The number of anilines is 1. The molecule has 2 heterocycles. The number of hydrogen-bond donors (Lipinski definition) is 6. The fourth-order valence-corrected chi connectivity index (χ4v) is 16.1. The molecule has 3 aromatic carbocycles. The van der Waals surface area contributed by atoms with E-state index in [-0.39, 0.29) is 118 Å². The van der Waals surface area contributed by atoms with Crippen molar-refractivity contribution in [1.82, 2.24) is 35.7 Å². The number of ketones is 2. The standard InChI is InChI=1S/C81H119N9O19S2/c1-19-50(8)73(64(105-17)43-68(97)89-38-23-27-61(89)75(106-18)52(10)62(92)41-51(9)74(99)56-25-21-20-22-26-56)87(15)79(103)71(48(4)5)86-78(102)72(49(6)7)88(16)80(104)108-46-55-29-31-57(32-30-55)84-76(100)54(12)83-77(101)70(47(2)3)85-65(94)37-40-110-111-81(13,14)44-58(91)45-82-53(11)60-34-33-59(42-63(60)93)107-39-24-28-69(98)109-90-66(95)35-36-67(90)96/h20-22,25-26,29-34,42,47-52,54,61,64,70-75,93,99H,19,23-24,27-28,35-41,43-46H2,1-18H3,(H,83,101)(H,84,100)(H,85,94)(H,86,102)/t50-,51-,52-,54-,61-,64+,70-,71-,72-,73-,74+,75+/m0/s1. The largest absolute Gasteiger partial charge is 0.507 e. The van der Waals surface area contributed by atoms with E-state index in [1.165, 1.54) is 53.6 Å². The second kappa shape index (κ2) is 44.7. The Hall–Kier alpha value is -8.45. The Morgan fingerprint density at radius 2 is 1.40 bits per heavy atom. The highest BCUT2D eigenvalue weighted by atomic mass is 33.1. The number of rotatable bonds is 45. The van der Waals surface area contributed by atoms with E-state index in [1.807, 2.05) is 85.7 Å². The first-order chi connectivity index (χ1) is 52.3. The Morgan fingerprint density at radius 3 is 1.99 bits per heavy atom. The first kappa shape index (κ1) is 93.2. The number of phenols is 1. The molecule has 2 saturated heterocycles. The maximum absolute atomic E-state index is 14.8. The van der Waals surface area contributed by atoms with Crippen molar-refractivity contribution in [3.8, 4) is 11.5 Å². The molecule has 0 bridgehead atoms. The molecule has 111 heavy (non-hydrogen) atoms. The molecule has 0 aliphatic carbocycles. The van der Waals surface area contributed by atoms with Gasteiger partial charge in [0.05, 0.1) is 56.4 Å². The van der Waals surface area contributed by atoms with Gasteiger partial charge in [0.2, 0.25) is 35.4 Å². The summed E-state index contributed by atoms with van der Waals surface area (Å²) in [5.74, 6) is -6.53. The first-order valence-electron chi connectivity index (χ1n) is 38.3. The number of aromatic hydroxyl groups is 1. The van der Waals surface area contributed by atoms with Crippen LogP contribution in [0.3, 0.4) is 0 Å². The van der Waals surface area contributed by atoms with Crippen molar-refractivity contribution < 1.29 is 91.5 Å². The number of hydrogen-bond acceptors (Lipinski definition) is 22. The van der Waals surface area contributed by atoms with Gasteiger partial charge in [-0.1, -0.05) is 140 Å². The molecule has 2 aliphatic heterocycles. The third-order valence-electron chi connectivity index (χ3n) is 20.2. The number of Topliss-reactive ketones (excluding diaryl/α,β-unsaturated/α-hetero) is 2. The molecule has 0 spiro atoms. The number of carbonyl (C=O) groups is 12. The lowest BCUT2D eigenvalue weighted by molar-refractivity contribution is -0.197. The van der Waals surface area contributed by atoms with Gasteiger partial charge in [-0.05, 0) is 112 Å². The van der Waals surface area contributed by atoms with Gasteiger partial charge < -0.3 is 65.1 Å². The number of nitrogens with zero attached hydrogens (tertiary/aromatic N) is 5. The fraction of sp³-hybridized carbons (Fsp3) is 0.617. The number of likely N-dealkylation sites (tertiary alicyclic amines) is 1. The summed E-state index contributed by atoms with van der Waals surface area (Å²) < 4.78 is 22.9. The number of hydroxylamine groups is 2. The van der Waals surface area contributed by atoms with E-state index in [0.717, 1.165) is 5.56 Å². The Bertz CT molecular complexity index is 3680. The highest BCUT2D eigenvalue weighted by Crippen LogP contribution is 2.39. The number of aliphatic imine (C=N–C) groups is 1. The van der Waals surface area contributed by atoms with Crippen molar-refractivity contribution in [2.24, 2.45) is 40.5 Å². The molecule has 30 heteroatoms. The average molecular weight is 1590 g/mol. The number of benzene rings is 3. The van der Waals surface area contributed by atoms with Crippen molar-refractivity contribution in [1.29, 1.82) is 0 Å². The minimum atomic E-state index is -1.07. The second-order valence-electron chi connectivity index (χ2n) is 30.6. The summed E-state index contributed by atoms with van der Waals surface area (Å²) in [6, 6.07) is 15.1. The number of likely N-dealkylation sites (N-methyl/N-ethyl adjacent to an activating group) is 2. The van der Waals surface area contributed by atoms with Crippen LogP contribution in [0.4, 0.5) is 10.5 Å². The van der Waals surface area contributed by atoms with Gasteiger partial charge in [-0.2, -0.15) is 0 Å². The quantitative estimate of drug-likeness (QED) is 0.0133. The molecule has 6 N–H and O–H groups in total. The summed E-state index contributed by atoms with van der Waals surface area (Å²) in [5, 5.41) is 33.5. The van der Waals surface area contributed by atoms with Gasteiger partial charge in [-0.3, -0.25) is 57.8 Å². The third-order valence-corrected chi connectivity index (χ3v) is 23.4. The van der Waals surface area contributed by atoms with Crippen LogP contribution in [0.2, 0.25) is 0 Å². The number of imide groups is 1. The van der Waals surface area contributed by atoms with Crippen LogP contribution in [-0.2, 0) is 78.4 Å². The third kappa shape index (κ3) is 28.0. The number of ether oxygens (including phenoxy) is 4. The number of aliphatic hydroxyl groups is 1. The minimum absolute atomic E-state index is 0.00420. The number of amides is 9. The van der Waals surface area contributed by atoms with Gasteiger partial charge in [-0.25, -0.2) is 9.59 Å². The topological polar surface area (TPSA) is 365 Å². The fourth-order valence-electron chi connectivity index (χ4n) is 13.6. The zero-order valence-corrected chi connectivity index (χ0v) is 69.4. The highest BCUT2D eigenvalue weighted by Gasteiger charge is 2.44. The van der Waals surface area contributed by atoms with E-state index in [4.69, 9.17) is 23.8 Å². The van der Waals surface area contributed by atoms with Gasteiger partial charge in [0.1, 0.15) is 48.1 Å². The summed E-state index contributed by atoms with van der Waals surface area (Å²) in [7, 11) is 8.98. The summed E-state index contributed by atoms with van der Waals surface area (Å²) in [5.41, 5.74) is 2.48. The number of aliphatic hydroxyl groups excluding tert-OH is 1. The normalized spacial score (nSPS) is 17.0. The zero-order valence-electron chi connectivity index (χ0n) is 67.8. The van der Waals surface area contributed by atoms with Gasteiger partial charge in [0, 0.05) is 106 Å². The lowest BCUT2D eigenvalue weighted by Crippen LogP contribution is -2.60. The molecule has 12 atom stereocenters. The molecule has 0 saturated carbocycles. The zero-order chi connectivity index (χ0) is 82.7. The first-order valence-corrected chi connectivity index (χ1v) is 40.6. The molecule has 9 amide bonds. The number of nitrogens with one attached hydrogen (secondary N) is 4. The molecule has 614 valence electrons. The van der Waals surface area contributed by atoms with Crippen LogP contribution in [0.1, 0.15) is 190 Å². The van der Waals surface area contributed by atoms with Crippen molar-refractivity contribution in [3.63, 3.8) is 0 Å². The van der Waals surface area contributed by atoms with E-state index in [1.54, 1.807) is 95.0 Å². The maximum Gasteiger partial charge on any atom is 0.410 e. The summed E-state index contributed by atoms with van der Waals surface area (Å²) in [6.45, 7) is 25.5. The molecule has 0 aromatic heterocycles. The van der Waals surface area contributed by atoms with Gasteiger partial charge >= 0.3 is 12.1 Å². The molecule has 5 rings (SSSR count). The van der Waals surface area contributed by atoms with Crippen LogP contribution >= 0.6 is 21.6 Å². The predicted octanol–water partition coefficient (Wildman–Crippen LogP) is 9.74. The van der Waals surface area contributed by atoms with Crippen LogP contribution < -0.4 is 26.0 Å². The van der Waals surface area contributed by atoms with Crippen LogP contribution in [0.5, 0.6) is 11.5 Å². The minimum Gasteiger partial charge on any atom is -0.507 e. The molecule has 2 fully saturated rings. The van der Waals surface area contributed by atoms with E-state index in [9.17, 15) is 67.7 Å². The lowest BCUT2D eigenvalue weighted by Gasteiger charge is -2.41. The molecule has 3 aromatic rings. The molecule has 0 radical (unpaired) electrons. The smallest absolute Gasteiger partial charge is 0.410 e. The predicted molar refractivity (Wildman–Crippen MR) is 425 cm³/mol. The van der Waals surface area contributed by atoms with E-state index >= 15 is 0 Å². The van der Waals surface area contributed by atoms with Crippen LogP contribution in [0.15, 0.2) is 77.8 Å². The Balaban J connectivity index is 1.05. The molecular formula is C81H119N9O19S2. The van der Waals surface area contributed by atoms with Crippen molar-refractivity contribution >= 4 is 104 Å². The molecular weight excluding hydrogens is 1470 g/mol. The molecule has 0 unspecified atom stereocenters. The van der Waals surface area contributed by atoms with Crippen LogP contribution in [0.25, 0.3) is 0 Å². The van der Waals surface area contributed by atoms with E-state index < -0.39 is 125 Å². The number of methoxy groups -OCH3 is 2. The monoisotopic (exact) mass is 1590 g/mol. The number of phenolic OH excluding ortho intramolecular Hbond substituents is 1. The van der Waals surface area contributed by atoms with Gasteiger partial charge in [0.15, 0.2) is 5.78 Å². The Labute approximate surface area is 661 Å². The van der Waals surface area contributed by atoms with Crippen LogP contribution in [0, 0.1) is 35.5 Å². The Morgan fingerprint density at radius 1 is 0.748 bits per heavy atom. The SMILES string of the molecule is CC[C@H](C)[C@@H]([C@@H](CC(=O)N1CCC[C@H]1[C@H](OC)[C@@H](C)C(=O)C[C@H](C)[C@@H](O)c1ccccc1)OC)N(C)C(=O)[C@@H](NC(=O)[C@H](C(C)C)N(C)C(=O)OCc1ccc(NC(=O)[C@H](C)NC(=O)[C@@H](NC(=O)CCSSC(C)(C)CC(=O)CN=C(C)c2ccc(OCCCC(=O)ON3C(=O)CCC3=O)cc2O)C(C)C)cc1)C(C)C. The lowest BCUT2D eigenvalue weighted by atomic mass is 9.85. The van der Waals surface area contributed by atoms with E-state index in [0.29, 0.717) is 64.9 Å². The highest BCUT2D eigenvalue weighted by molar-refractivity contribution is 8.77. The van der Waals surface area contributed by atoms with Gasteiger partial charge in [-0.15, -0.1) is 5.06 Å². The second-order valence-corrected chi connectivity index (χ2v) is 33.7. The van der Waals surface area contributed by atoms with E-state index in [2.05, 4.69) is 26.3 Å². The summed E-state index contributed by atoms with van der Waals surface area (Å²) in [6.07, 6.45) is -0.687. The molecule has 28 nitrogen and oxygen atoms in total.